The summed E-state index contributed by atoms with van der Waals surface area (Å²) in [6.07, 6.45) is 6.82. The zero-order valence-corrected chi connectivity index (χ0v) is 7.08. The van der Waals surface area contributed by atoms with E-state index in [1.165, 1.54) is 12.8 Å². The fraction of sp³-hybridized carbons (Fsp3) is 0.700. The second kappa shape index (κ2) is 1.48. The Labute approximate surface area is 71.3 Å². The Hall–Kier alpha value is -0.790. The smallest absolute Gasteiger partial charge is 0.310 e. The van der Waals surface area contributed by atoms with E-state index in [2.05, 4.69) is 12.2 Å². The molecule has 3 aliphatic rings. The molecule has 0 bridgehead atoms. The van der Waals surface area contributed by atoms with Crippen molar-refractivity contribution in [2.24, 2.45) is 22.7 Å². The zero-order valence-electron chi connectivity index (χ0n) is 7.08. The van der Waals surface area contributed by atoms with Crippen LogP contribution >= 0.6 is 0 Å². The molecule has 0 aliphatic heterocycles. The molecule has 1 N–H and O–H groups in total. The molecule has 0 aromatic carbocycles. The summed E-state index contributed by atoms with van der Waals surface area (Å²) in [5.41, 5.74) is -0.0803. The summed E-state index contributed by atoms with van der Waals surface area (Å²) < 4.78 is 0. The molecule has 3 atom stereocenters. The van der Waals surface area contributed by atoms with Crippen LogP contribution in [0.1, 0.15) is 19.8 Å². The van der Waals surface area contributed by atoms with E-state index in [-0.39, 0.29) is 0 Å². The van der Waals surface area contributed by atoms with Gasteiger partial charge in [0.05, 0.1) is 5.41 Å². The molecule has 3 rings (SSSR count). The van der Waals surface area contributed by atoms with Crippen molar-refractivity contribution in [1.29, 1.82) is 0 Å². The van der Waals surface area contributed by atoms with E-state index >= 15 is 0 Å². The van der Waals surface area contributed by atoms with Gasteiger partial charge in [0.1, 0.15) is 0 Å². The first kappa shape index (κ1) is 6.70. The van der Waals surface area contributed by atoms with Gasteiger partial charge in [-0.05, 0) is 37.0 Å². The van der Waals surface area contributed by atoms with Gasteiger partial charge in [-0.25, -0.2) is 0 Å². The summed E-state index contributed by atoms with van der Waals surface area (Å²) in [6.45, 7) is 1.90. The van der Waals surface area contributed by atoms with E-state index in [4.69, 9.17) is 5.11 Å². The Balaban J connectivity index is 1.99. The molecule has 0 saturated heterocycles. The number of carboxylic acid groups (broad SMARTS) is 1. The molecule has 2 saturated carbocycles. The molecular weight excluding hydrogens is 152 g/mol. The van der Waals surface area contributed by atoms with Gasteiger partial charge >= 0.3 is 5.97 Å². The third kappa shape index (κ3) is 0.473. The fourth-order valence-electron chi connectivity index (χ4n) is 3.11. The lowest BCUT2D eigenvalue weighted by Gasteiger charge is -2.11. The fourth-order valence-corrected chi connectivity index (χ4v) is 3.11. The van der Waals surface area contributed by atoms with Gasteiger partial charge in [0.25, 0.3) is 0 Å². The van der Waals surface area contributed by atoms with E-state index in [9.17, 15) is 4.79 Å². The number of hydrogen-bond donors (Lipinski definition) is 1. The van der Waals surface area contributed by atoms with Gasteiger partial charge in [-0.15, -0.1) is 0 Å². The van der Waals surface area contributed by atoms with Gasteiger partial charge in [-0.3, -0.25) is 4.79 Å². The number of rotatable bonds is 1. The van der Waals surface area contributed by atoms with Crippen LogP contribution in [-0.2, 0) is 4.79 Å². The molecule has 12 heavy (non-hydrogen) atoms. The largest absolute Gasteiger partial charge is 0.481 e. The van der Waals surface area contributed by atoms with Gasteiger partial charge in [-0.2, -0.15) is 0 Å². The molecule has 0 heterocycles. The number of aliphatic carboxylic acids is 1. The van der Waals surface area contributed by atoms with Crippen LogP contribution in [0.25, 0.3) is 0 Å². The summed E-state index contributed by atoms with van der Waals surface area (Å²) in [5.74, 6) is 0.174. The Morgan fingerprint density at radius 3 is 2.67 bits per heavy atom. The van der Waals surface area contributed by atoms with Crippen LogP contribution in [0.4, 0.5) is 0 Å². The topological polar surface area (TPSA) is 37.3 Å². The van der Waals surface area contributed by atoms with E-state index in [1.54, 1.807) is 0 Å². The van der Waals surface area contributed by atoms with Crippen LogP contribution in [0.3, 0.4) is 0 Å². The van der Waals surface area contributed by atoms with E-state index in [1.807, 2.05) is 6.92 Å². The van der Waals surface area contributed by atoms with Crippen molar-refractivity contribution < 1.29 is 9.90 Å². The van der Waals surface area contributed by atoms with Crippen molar-refractivity contribution >= 4 is 5.97 Å². The zero-order chi connectivity index (χ0) is 8.56. The van der Waals surface area contributed by atoms with Gasteiger partial charge in [-0.1, -0.05) is 12.2 Å². The Morgan fingerprint density at radius 1 is 1.58 bits per heavy atom. The summed E-state index contributed by atoms with van der Waals surface area (Å²) in [5, 5.41) is 9.04. The lowest BCUT2D eigenvalue weighted by molar-refractivity contribution is -0.143. The predicted octanol–water partition coefficient (Wildman–Crippen LogP) is 1.67. The molecule has 3 unspecified atom stereocenters. The van der Waals surface area contributed by atoms with Gasteiger partial charge in [0.2, 0.25) is 0 Å². The first-order chi connectivity index (χ1) is 5.61. The van der Waals surface area contributed by atoms with Gasteiger partial charge < -0.3 is 5.11 Å². The molecule has 2 heteroatoms. The second-order valence-electron chi connectivity index (χ2n) is 4.68. The normalized spacial score (nSPS) is 50.8. The lowest BCUT2D eigenvalue weighted by Crippen LogP contribution is -2.18. The monoisotopic (exact) mass is 164 g/mol. The van der Waals surface area contributed by atoms with Crippen LogP contribution in [0, 0.1) is 22.7 Å². The van der Waals surface area contributed by atoms with Crippen LogP contribution in [0.15, 0.2) is 12.2 Å². The van der Waals surface area contributed by atoms with Crippen molar-refractivity contribution in [3.63, 3.8) is 0 Å². The van der Waals surface area contributed by atoms with Crippen molar-refractivity contribution in [1.82, 2.24) is 0 Å². The second-order valence-corrected chi connectivity index (χ2v) is 4.68. The molecule has 0 radical (unpaired) electrons. The first-order valence-corrected chi connectivity index (χ1v) is 4.54. The van der Waals surface area contributed by atoms with E-state index in [0.717, 1.165) is 0 Å². The highest BCUT2D eigenvalue weighted by Gasteiger charge is 2.76. The molecule has 3 aliphatic carbocycles. The maximum absolute atomic E-state index is 11.0. The first-order valence-electron chi connectivity index (χ1n) is 4.54. The van der Waals surface area contributed by atoms with Gasteiger partial charge in [0, 0.05) is 0 Å². The van der Waals surface area contributed by atoms with Crippen LogP contribution in [0.5, 0.6) is 0 Å². The van der Waals surface area contributed by atoms with Gasteiger partial charge in [0.15, 0.2) is 0 Å². The minimum atomic E-state index is -0.604. The minimum Gasteiger partial charge on any atom is -0.481 e. The average Bonchev–Trinajstić information content (AvgIpc) is 2.75. The molecule has 1 spiro atoms. The average molecular weight is 164 g/mol. The summed E-state index contributed by atoms with van der Waals surface area (Å²) in [4.78, 5) is 11.0. The Bertz CT molecular complexity index is 301. The predicted molar refractivity (Wildman–Crippen MR) is 43.5 cm³/mol. The van der Waals surface area contributed by atoms with Crippen LogP contribution in [0.2, 0.25) is 0 Å². The number of fused-ring (bicyclic) bond motifs is 2. The van der Waals surface area contributed by atoms with E-state index < -0.39 is 11.4 Å². The lowest BCUT2D eigenvalue weighted by atomic mass is 9.92. The number of carbonyl (C=O) groups is 1. The van der Waals surface area contributed by atoms with E-state index in [0.29, 0.717) is 17.3 Å². The van der Waals surface area contributed by atoms with Crippen molar-refractivity contribution in [3.05, 3.63) is 12.2 Å². The number of allylic oxidation sites excluding steroid dienone is 2. The minimum absolute atomic E-state index is 0.331. The summed E-state index contributed by atoms with van der Waals surface area (Å²) in [7, 11) is 0. The summed E-state index contributed by atoms with van der Waals surface area (Å²) >= 11 is 0. The molecule has 0 aromatic heterocycles. The van der Waals surface area contributed by atoms with Crippen molar-refractivity contribution in [2.75, 3.05) is 0 Å². The Kier molecular flexibility index (Phi) is 0.825. The molecule has 64 valence electrons. The van der Waals surface area contributed by atoms with Crippen molar-refractivity contribution in [3.8, 4) is 0 Å². The molecule has 0 aromatic rings. The number of carboxylic acids is 1. The molecule has 2 nitrogen and oxygen atoms in total. The van der Waals surface area contributed by atoms with Crippen molar-refractivity contribution in [2.45, 2.75) is 19.8 Å². The molecular formula is C10H12O2. The highest BCUT2D eigenvalue weighted by molar-refractivity contribution is 5.81. The van der Waals surface area contributed by atoms with Crippen LogP contribution < -0.4 is 0 Å². The summed E-state index contributed by atoms with van der Waals surface area (Å²) in [6, 6.07) is 0. The highest BCUT2D eigenvalue weighted by atomic mass is 16.4. The van der Waals surface area contributed by atoms with Crippen LogP contribution in [-0.4, -0.2) is 11.1 Å². The third-order valence-electron chi connectivity index (χ3n) is 4.13. The third-order valence-corrected chi connectivity index (χ3v) is 4.13. The standard InChI is InChI=1S/C10H12O2/c1-9(8(11)12)6-2-3-10(4-5-10)7(6)9/h2-3,6-7H,4-5H2,1H3,(H,11,12). The number of hydrogen-bond acceptors (Lipinski definition) is 1. The maximum atomic E-state index is 11.0. The maximum Gasteiger partial charge on any atom is 0.310 e. The quantitative estimate of drug-likeness (QED) is 0.598. The SMILES string of the molecule is CC1(C(=O)O)C2C=CC3(CC3)C21. The molecule has 2 fully saturated rings. The highest BCUT2D eigenvalue weighted by Crippen LogP contribution is 2.78. The Morgan fingerprint density at radius 2 is 2.25 bits per heavy atom. The molecule has 0 amide bonds.